The van der Waals surface area contributed by atoms with Crippen molar-refractivity contribution in [3.8, 4) is 5.69 Å². The molecule has 110 valence electrons. The summed E-state index contributed by atoms with van der Waals surface area (Å²) in [6.45, 7) is 0. The maximum atomic E-state index is 12.6. The summed E-state index contributed by atoms with van der Waals surface area (Å²) in [5.74, 6) is -0.348. The van der Waals surface area contributed by atoms with Crippen LogP contribution in [0.25, 0.3) is 16.5 Å². The van der Waals surface area contributed by atoms with E-state index in [1.165, 1.54) is 11.7 Å². The summed E-state index contributed by atoms with van der Waals surface area (Å²) in [7, 11) is 1.52. The monoisotopic (exact) mass is 313 g/mol. The first-order chi connectivity index (χ1) is 10.6. The first-order valence-electron chi connectivity index (χ1n) is 6.62. The van der Waals surface area contributed by atoms with Crippen LogP contribution in [0.5, 0.6) is 0 Å². The summed E-state index contributed by atoms with van der Waals surface area (Å²) >= 11 is 5.87. The van der Waals surface area contributed by atoms with Crippen LogP contribution in [-0.4, -0.2) is 22.7 Å². The zero-order valence-corrected chi connectivity index (χ0v) is 12.5. The predicted octanol–water partition coefficient (Wildman–Crippen LogP) is 2.40. The summed E-state index contributed by atoms with van der Waals surface area (Å²) in [6.07, 6.45) is 0. The van der Waals surface area contributed by atoms with Crippen molar-refractivity contribution in [2.45, 2.75) is 0 Å². The van der Waals surface area contributed by atoms with E-state index in [1.807, 2.05) is 0 Å². The zero-order valence-electron chi connectivity index (χ0n) is 11.7. The summed E-state index contributed by atoms with van der Waals surface area (Å²) in [5, 5.41) is 8.28. The molecule has 2 aromatic carbocycles. The van der Waals surface area contributed by atoms with Crippen molar-refractivity contribution in [2.75, 3.05) is 7.05 Å². The van der Waals surface area contributed by atoms with Crippen molar-refractivity contribution in [1.29, 1.82) is 0 Å². The summed E-state index contributed by atoms with van der Waals surface area (Å²) in [5.41, 5.74) is 0.462. The number of amides is 1. The lowest BCUT2D eigenvalue weighted by atomic mass is 10.1. The number of hydrogen-bond donors (Lipinski definition) is 1. The molecule has 22 heavy (non-hydrogen) atoms. The van der Waals surface area contributed by atoms with Crippen LogP contribution in [0.3, 0.4) is 0 Å². The Morgan fingerprint density at radius 3 is 2.36 bits per heavy atom. The van der Waals surface area contributed by atoms with E-state index in [2.05, 4.69) is 10.4 Å². The third-order valence-electron chi connectivity index (χ3n) is 3.32. The Bertz CT molecular complexity index is 917. The van der Waals surface area contributed by atoms with Gasteiger partial charge in [0.2, 0.25) is 0 Å². The number of rotatable bonds is 2. The van der Waals surface area contributed by atoms with Gasteiger partial charge in [-0.05, 0) is 30.3 Å². The molecule has 3 rings (SSSR count). The lowest BCUT2D eigenvalue weighted by Crippen LogP contribution is -2.28. The van der Waals surface area contributed by atoms with Gasteiger partial charge in [0, 0.05) is 17.5 Å². The highest BCUT2D eigenvalue weighted by Crippen LogP contribution is 2.16. The first-order valence-corrected chi connectivity index (χ1v) is 6.99. The fourth-order valence-electron chi connectivity index (χ4n) is 2.23. The van der Waals surface area contributed by atoms with Crippen LogP contribution in [0.15, 0.2) is 53.3 Å². The number of aromatic nitrogens is 2. The number of hydrogen-bond acceptors (Lipinski definition) is 3. The van der Waals surface area contributed by atoms with Crippen molar-refractivity contribution in [3.63, 3.8) is 0 Å². The highest BCUT2D eigenvalue weighted by Gasteiger charge is 2.16. The topological polar surface area (TPSA) is 64.0 Å². The lowest BCUT2D eigenvalue weighted by Gasteiger charge is -2.10. The Morgan fingerprint density at radius 1 is 1.09 bits per heavy atom. The minimum Gasteiger partial charge on any atom is -0.354 e. The predicted molar refractivity (Wildman–Crippen MR) is 85.7 cm³/mol. The summed E-state index contributed by atoms with van der Waals surface area (Å²) in [6, 6.07) is 13.6. The second-order valence-electron chi connectivity index (χ2n) is 4.67. The lowest BCUT2D eigenvalue weighted by molar-refractivity contribution is 0.0958. The van der Waals surface area contributed by atoms with Gasteiger partial charge in [0.1, 0.15) is 0 Å². The van der Waals surface area contributed by atoms with E-state index in [4.69, 9.17) is 11.6 Å². The van der Waals surface area contributed by atoms with Crippen LogP contribution in [0.4, 0.5) is 0 Å². The molecule has 1 N–H and O–H groups in total. The number of nitrogens with one attached hydrogen (secondary N) is 1. The van der Waals surface area contributed by atoms with Crippen LogP contribution in [0.1, 0.15) is 10.5 Å². The minimum atomic E-state index is -0.348. The fourth-order valence-corrected chi connectivity index (χ4v) is 2.36. The van der Waals surface area contributed by atoms with Gasteiger partial charge < -0.3 is 5.32 Å². The van der Waals surface area contributed by atoms with Gasteiger partial charge in [0.05, 0.1) is 11.1 Å². The van der Waals surface area contributed by atoms with Gasteiger partial charge in [0.25, 0.3) is 11.5 Å². The molecule has 0 aliphatic carbocycles. The molecule has 1 aromatic heterocycles. The standard InChI is InChI=1S/C16H12ClN3O2/c1-18-15(21)14-12-4-2-3-5-13(12)16(22)20(19-14)11-8-6-10(17)7-9-11/h2-9H,1H3,(H,18,21). The number of benzene rings is 2. The zero-order chi connectivity index (χ0) is 15.7. The van der Waals surface area contributed by atoms with Crippen molar-refractivity contribution >= 4 is 28.3 Å². The maximum absolute atomic E-state index is 12.6. The third kappa shape index (κ3) is 2.35. The van der Waals surface area contributed by atoms with Gasteiger partial charge >= 0.3 is 0 Å². The maximum Gasteiger partial charge on any atom is 0.279 e. The number of carbonyl (C=O) groups is 1. The van der Waals surface area contributed by atoms with Crippen LogP contribution in [-0.2, 0) is 0 Å². The second-order valence-corrected chi connectivity index (χ2v) is 5.10. The van der Waals surface area contributed by atoms with Crippen molar-refractivity contribution < 1.29 is 4.79 Å². The average molecular weight is 314 g/mol. The Hall–Kier alpha value is -2.66. The molecule has 0 bridgehead atoms. The van der Waals surface area contributed by atoms with Gasteiger partial charge in [-0.3, -0.25) is 9.59 Å². The molecule has 1 heterocycles. The molecular formula is C16H12ClN3O2. The molecule has 6 heteroatoms. The van der Waals surface area contributed by atoms with Gasteiger partial charge in [-0.1, -0.05) is 29.8 Å². The first kappa shape index (κ1) is 14.3. The number of nitrogens with zero attached hydrogens (tertiary/aromatic N) is 2. The molecule has 0 unspecified atom stereocenters. The Balaban J connectivity index is 2.36. The molecule has 0 saturated heterocycles. The number of carbonyl (C=O) groups excluding carboxylic acids is 1. The molecule has 1 amide bonds. The van der Waals surface area contributed by atoms with Crippen molar-refractivity contribution in [3.05, 3.63) is 69.6 Å². The largest absolute Gasteiger partial charge is 0.354 e. The van der Waals surface area contributed by atoms with E-state index in [0.29, 0.717) is 21.5 Å². The van der Waals surface area contributed by atoms with E-state index in [9.17, 15) is 9.59 Å². The summed E-state index contributed by atoms with van der Waals surface area (Å²) in [4.78, 5) is 24.7. The van der Waals surface area contributed by atoms with Crippen molar-refractivity contribution in [1.82, 2.24) is 15.1 Å². The molecule has 0 saturated carbocycles. The SMILES string of the molecule is CNC(=O)c1nn(-c2ccc(Cl)cc2)c(=O)c2ccccc12. The number of halogens is 1. The molecule has 3 aromatic rings. The molecule has 0 atom stereocenters. The van der Waals surface area contributed by atoms with Crippen molar-refractivity contribution in [2.24, 2.45) is 0 Å². The molecular weight excluding hydrogens is 302 g/mol. The smallest absolute Gasteiger partial charge is 0.279 e. The van der Waals surface area contributed by atoms with E-state index in [1.54, 1.807) is 48.5 Å². The summed E-state index contributed by atoms with van der Waals surface area (Å²) < 4.78 is 1.21. The molecule has 0 fully saturated rings. The normalized spacial score (nSPS) is 10.6. The van der Waals surface area contributed by atoms with Crippen LogP contribution in [0.2, 0.25) is 5.02 Å². The Morgan fingerprint density at radius 2 is 1.73 bits per heavy atom. The molecule has 0 aliphatic rings. The molecule has 5 nitrogen and oxygen atoms in total. The Labute approximate surface area is 131 Å². The Kier molecular flexibility index (Phi) is 3.65. The van der Waals surface area contributed by atoms with Gasteiger partial charge in [-0.15, -0.1) is 0 Å². The van der Waals surface area contributed by atoms with Gasteiger partial charge in [-0.2, -0.15) is 9.78 Å². The quantitative estimate of drug-likeness (QED) is 0.790. The fraction of sp³-hybridized carbons (Fsp3) is 0.0625. The molecule has 0 radical (unpaired) electrons. The molecule has 0 aliphatic heterocycles. The number of fused-ring (bicyclic) bond motifs is 1. The van der Waals surface area contributed by atoms with Crippen LogP contribution >= 0.6 is 11.6 Å². The third-order valence-corrected chi connectivity index (χ3v) is 3.57. The van der Waals surface area contributed by atoms with Gasteiger partial charge in [0.15, 0.2) is 5.69 Å². The highest BCUT2D eigenvalue weighted by atomic mass is 35.5. The van der Waals surface area contributed by atoms with E-state index < -0.39 is 0 Å². The van der Waals surface area contributed by atoms with E-state index in [0.717, 1.165) is 0 Å². The van der Waals surface area contributed by atoms with Gasteiger partial charge in [-0.25, -0.2) is 0 Å². The highest BCUT2D eigenvalue weighted by molar-refractivity contribution is 6.30. The van der Waals surface area contributed by atoms with Crippen LogP contribution < -0.4 is 10.9 Å². The van der Waals surface area contributed by atoms with Crippen LogP contribution in [0, 0.1) is 0 Å². The van der Waals surface area contributed by atoms with E-state index in [-0.39, 0.29) is 17.2 Å². The minimum absolute atomic E-state index is 0.202. The van der Waals surface area contributed by atoms with E-state index >= 15 is 0 Å². The average Bonchev–Trinajstić information content (AvgIpc) is 2.56. The molecule has 0 spiro atoms. The second kappa shape index (κ2) is 5.61.